The number of ether oxygens (including phenoxy) is 1. The predicted molar refractivity (Wildman–Crippen MR) is 109 cm³/mol. The average Bonchev–Trinajstić information content (AvgIpc) is 2.71. The summed E-state index contributed by atoms with van der Waals surface area (Å²) in [5, 5.41) is 6.15. The lowest BCUT2D eigenvalue weighted by Crippen LogP contribution is -2.32. The van der Waals surface area contributed by atoms with E-state index in [-0.39, 0.29) is 24.2 Å². The van der Waals surface area contributed by atoms with Crippen molar-refractivity contribution in [3.63, 3.8) is 0 Å². The van der Waals surface area contributed by atoms with Crippen LogP contribution in [0.5, 0.6) is 5.75 Å². The van der Waals surface area contributed by atoms with Crippen LogP contribution < -0.4 is 15.4 Å². The molecule has 0 saturated heterocycles. The summed E-state index contributed by atoms with van der Waals surface area (Å²) in [6, 6.07) is 23.3. The van der Waals surface area contributed by atoms with E-state index in [0.717, 1.165) is 22.4 Å². The third-order valence-electron chi connectivity index (χ3n) is 4.46. The van der Waals surface area contributed by atoms with Gasteiger partial charge < -0.3 is 10.1 Å². The van der Waals surface area contributed by atoms with Gasteiger partial charge in [0.05, 0.1) is 12.6 Å². The highest BCUT2D eigenvalue weighted by Gasteiger charge is 2.16. The molecule has 0 heterocycles. The first-order valence-corrected chi connectivity index (χ1v) is 9.21. The standard InChI is InChI=1S/C23H22F2N2O2/c1-16-7-5-6-10-20(16)27-21(28)15-26-22(17-8-3-2-4-9-17)18-11-13-19(14-12-18)29-23(24)25/h2-14,22-23,26H,15H2,1H3,(H,27,28)/t22-/m0/s1. The van der Waals surface area contributed by atoms with Gasteiger partial charge in [0.1, 0.15) is 5.75 Å². The van der Waals surface area contributed by atoms with Gasteiger partial charge in [0.2, 0.25) is 5.91 Å². The van der Waals surface area contributed by atoms with Crippen LogP contribution in [0.2, 0.25) is 0 Å². The molecular weight excluding hydrogens is 374 g/mol. The first-order valence-electron chi connectivity index (χ1n) is 9.21. The molecule has 0 aliphatic carbocycles. The first-order chi connectivity index (χ1) is 14.0. The fourth-order valence-electron chi connectivity index (χ4n) is 3.02. The van der Waals surface area contributed by atoms with Crippen molar-refractivity contribution in [3.05, 3.63) is 95.6 Å². The van der Waals surface area contributed by atoms with E-state index in [1.165, 1.54) is 12.1 Å². The van der Waals surface area contributed by atoms with E-state index >= 15 is 0 Å². The second kappa shape index (κ2) is 9.80. The third kappa shape index (κ3) is 5.86. The molecule has 0 fully saturated rings. The Balaban J connectivity index is 1.73. The van der Waals surface area contributed by atoms with Crippen molar-refractivity contribution in [1.29, 1.82) is 0 Å². The number of para-hydroxylation sites is 1. The molecule has 1 atom stereocenters. The average molecular weight is 396 g/mol. The van der Waals surface area contributed by atoms with Gasteiger partial charge in [-0.25, -0.2) is 0 Å². The number of carbonyl (C=O) groups is 1. The predicted octanol–water partition coefficient (Wildman–Crippen LogP) is 4.91. The van der Waals surface area contributed by atoms with Gasteiger partial charge in [-0.15, -0.1) is 0 Å². The quantitative estimate of drug-likeness (QED) is 0.569. The van der Waals surface area contributed by atoms with E-state index in [2.05, 4.69) is 15.4 Å². The molecule has 29 heavy (non-hydrogen) atoms. The number of halogens is 2. The van der Waals surface area contributed by atoms with E-state index in [9.17, 15) is 13.6 Å². The van der Waals surface area contributed by atoms with Gasteiger partial charge in [0.15, 0.2) is 0 Å². The van der Waals surface area contributed by atoms with Gasteiger partial charge in [0, 0.05) is 5.69 Å². The van der Waals surface area contributed by atoms with E-state index in [1.807, 2.05) is 61.5 Å². The maximum absolute atomic E-state index is 12.4. The molecule has 0 spiro atoms. The highest BCUT2D eigenvalue weighted by atomic mass is 19.3. The van der Waals surface area contributed by atoms with Crippen LogP contribution >= 0.6 is 0 Å². The third-order valence-corrected chi connectivity index (χ3v) is 4.46. The van der Waals surface area contributed by atoms with Gasteiger partial charge in [-0.2, -0.15) is 8.78 Å². The van der Waals surface area contributed by atoms with E-state index in [4.69, 9.17) is 0 Å². The van der Waals surface area contributed by atoms with E-state index < -0.39 is 6.61 Å². The fraction of sp³-hybridized carbons (Fsp3) is 0.174. The minimum absolute atomic E-state index is 0.0865. The minimum Gasteiger partial charge on any atom is -0.435 e. The molecule has 0 radical (unpaired) electrons. The smallest absolute Gasteiger partial charge is 0.387 e. The van der Waals surface area contributed by atoms with Crippen LogP contribution in [-0.4, -0.2) is 19.1 Å². The molecule has 0 aliphatic heterocycles. The number of benzene rings is 3. The highest BCUT2D eigenvalue weighted by Crippen LogP contribution is 2.25. The molecule has 150 valence electrons. The molecule has 0 bridgehead atoms. The molecule has 0 saturated carbocycles. The van der Waals surface area contributed by atoms with Crippen LogP contribution in [0.4, 0.5) is 14.5 Å². The molecule has 3 aromatic rings. The van der Waals surface area contributed by atoms with Crippen LogP contribution in [0.15, 0.2) is 78.9 Å². The Labute approximate surface area is 168 Å². The minimum atomic E-state index is -2.87. The summed E-state index contributed by atoms with van der Waals surface area (Å²) in [4.78, 5) is 12.4. The molecule has 4 nitrogen and oxygen atoms in total. The Morgan fingerprint density at radius 3 is 2.17 bits per heavy atom. The Morgan fingerprint density at radius 1 is 0.897 bits per heavy atom. The largest absolute Gasteiger partial charge is 0.435 e. The lowest BCUT2D eigenvalue weighted by Gasteiger charge is -2.20. The molecule has 0 unspecified atom stereocenters. The summed E-state index contributed by atoms with van der Waals surface area (Å²) in [6.45, 7) is -0.851. The molecular formula is C23H22F2N2O2. The van der Waals surface area contributed by atoms with E-state index in [0.29, 0.717) is 0 Å². The topological polar surface area (TPSA) is 50.4 Å². The number of anilines is 1. The second-order valence-corrected chi connectivity index (χ2v) is 6.54. The van der Waals surface area contributed by atoms with Crippen LogP contribution in [0, 0.1) is 6.92 Å². The van der Waals surface area contributed by atoms with Crippen LogP contribution in [0.25, 0.3) is 0 Å². The maximum atomic E-state index is 12.4. The molecule has 1 amide bonds. The Hall–Kier alpha value is -3.25. The Kier molecular flexibility index (Phi) is 6.92. The zero-order valence-corrected chi connectivity index (χ0v) is 15.9. The number of alkyl halides is 2. The van der Waals surface area contributed by atoms with Gasteiger partial charge in [0.25, 0.3) is 0 Å². The Morgan fingerprint density at radius 2 is 1.52 bits per heavy atom. The van der Waals surface area contributed by atoms with Gasteiger partial charge in [-0.05, 0) is 41.8 Å². The molecule has 0 aromatic heterocycles. The van der Waals surface area contributed by atoms with Crippen molar-refractivity contribution < 1.29 is 18.3 Å². The number of carbonyl (C=O) groups excluding carboxylic acids is 1. The number of rotatable bonds is 8. The van der Waals surface area contributed by atoms with Crippen molar-refractivity contribution in [2.45, 2.75) is 19.6 Å². The van der Waals surface area contributed by atoms with Crippen molar-refractivity contribution in [3.8, 4) is 5.75 Å². The SMILES string of the molecule is Cc1ccccc1NC(=O)CN[C@@H](c1ccccc1)c1ccc(OC(F)F)cc1. The molecule has 2 N–H and O–H groups in total. The summed E-state index contributed by atoms with van der Waals surface area (Å²) in [7, 11) is 0. The van der Waals surface area contributed by atoms with Gasteiger partial charge in [-0.3, -0.25) is 10.1 Å². The fourth-order valence-corrected chi connectivity index (χ4v) is 3.02. The van der Waals surface area contributed by atoms with E-state index in [1.54, 1.807) is 12.1 Å². The molecule has 3 aromatic carbocycles. The van der Waals surface area contributed by atoms with Crippen LogP contribution in [-0.2, 0) is 4.79 Å². The molecule has 3 rings (SSSR count). The van der Waals surface area contributed by atoms with Gasteiger partial charge in [-0.1, -0.05) is 60.7 Å². The molecule has 6 heteroatoms. The van der Waals surface area contributed by atoms with Crippen LogP contribution in [0.1, 0.15) is 22.7 Å². The Bertz CT molecular complexity index is 931. The lowest BCUT2D eigenvalue weighted by molar-refractivity contribution is -0.115. The number of hydrogen-bond donors (Lipinski definition) is 2. The number of aryl methyl sites for hydroxylation is 1. The number of hydrogen-bond acceptors (Lipinski definition) is 3. The maximum Gasteiger partial charge on any atom is 0.387 e. The van der Waals surface area contributed by atoms with Crippen molar-refractivity contribution in [2.24, 2.45) is 0 Å². The lowest BCUT2D eigenvalue weighted by atomic mass is 9.98. The highest BCUT2D eigenvalue weighted by molar-refractivity contribution is 5.93. The van der Waals surface area contributed by atoms with Gasteiger partial charge >= 0.3 is 6.61 Å². The summed E-state index contributed by atoms with van der Waals surface area (Å²) in [5.74, 6) is -0.0780. The zero-order chi connectivity index (χ0) is 20.6. The number of amides is 1. The van der Waals surface area contributed by atoms with Crippen LogP contribution in [0.3, 0.4) is 0 Å². The molecule has 0 aliphatic rings. The zero-order valence-electron chi connectivity index (χ0n) is 15.9. The summed E-state index contributed by atoms with van der Waals surface area (Å²) in [6.07, 6.45) is 0. The monoisotopic (exact) mass is 396 g/mol. The van der Waals surface area contributed by atoms with Crippen molar-refractivity contribution in [2.75, 3.05) is 11.9 Å². The normalized spacial score (nSPS) is 11.9. The van der Waals surface area contributed by atoms with Crippen molar-refractivity contribution in [1.82, 2.24) is 5.32 Å². The number of nitrogens with one attached hydrogen (secondary N) is 2. The first kappa shape index (κ1) is 20.5. The second-order valence-electron chi connectivity index (χ2n) is 6.54. The summed E-state index contributed by atoms with van der Waals surface area (Å²) >= 11 is 0. The van der Waals surface area contributed by atoms with Crippen molar-refractivity contribution >= 4 is 11.6 Å². The summed E-state index contributed by atoms with van der Waals surface area (Å²) < 4.78 is 29.2. The summed E-state index contributed by atoms with van der Waals surface area (Å²) in [5.41, 5.74) is 3.54.